The topological polar surface area (TPSA) is 81.7 Å². The molecule has 1 aromatic rings. The zero-order valence-electron chi connectivity index (χ0n) is 17.6. The molecule has 6 nitrogen and oxygen atoms in total. The number of allylic oxidation sites excluding steroid dienone is 3. The Labute approximate surface area is 181 Å². The number of rotatable bonds is 5. The summed E-state index contributed by atoms with van der Waals surface area (Å²) in [6.45, 7) is 7.52. The molecule has 2 aliphatic rings. The van der Waals surface area contributed by atoms with Crippen LogP contribution in [0.25, 0.3) is 0 Å². The van der Waals surface area contributed by atoms with Gasteiger partial charge in [-0.05, 0) is 50.8 Å². The number of carbonyl (C=O) groups is 3. The van der Waals surface area contributed by atoms with E-state index in [2.05, 4.69) is 5.32 Å². The first-order chi connectivity index (χ1) is 14.3. The molecule has 1 heterocycles. The maximum atomic E-state index is 13.6. The first-order valence-corrected chi connectivity index (χ1v) is 10.5. The molecule has 30 heavy (non-hydrogen) atoms. The number of Topliss-reactive ketones (excluding diaryl/α,β-unsaturated/α-hetero) is 1. The number of benzene rings is 1. The first-order valence-electron chi connectivity index (χ1n) is 10.1. The number of hydrogen-bond acceptors (Lipinski definition) is 6. The molecule has 0 fully saturated rings. The third-order valence-corrected chi connectivity index (χ3v) is 5.78. The van der Waals surface area contributed by atoms with Gasteiger partial charge in [0.25, 0.3) is 0 Å². The summed E-state index contributed by atoms with van der Waals surface area (Å²) in [5, 5.41) is 3.78. The van der Waals surface area contributed by atoms with Crippen molar-refractivity contribution in [2.45, 2.75) is 40.0 Å². The van der Waals surface area contributed by atoms with Crippen molar-refractivity contribution in [2.24, 2.45) is 11.8 Å². The molecule has 0 amide bonds. The van der Waals surface area contributed by atoms with Crippen LogP contribution in [0.1, 0.15) is 45.6 Å². The number of nitrogens with one attached hydrogen (secondary N) is 1. The SMILES string of the molecule is CCOC(=O)C1=C(C)NC2=C(C(=O)C(C(=O)OCC)C(C)C2)C1c1ccc(Cl)cc1. The number of ketones is 1. The van der Waals surface area contributed by atoms with Crippen molar-refractivity contribution in [1.82, 2.24) is 5.32 Å². The van der Waals surface area contributed by atoms with Crippen LogP contribution in [0.5, 0.6) is 0 Å². The van der Waals surface area contributed by atoms with Gasteiger partial charge in [0, 0.05) is 27.9 Å². The van der Waals surface area contributed by atoms with Crippen LogP contribution in [0.2, 0.25) is 5.02 Å². The number of esters is 2. The van der Waals surface area contributed by atoms with Gasteiger partial charge in [-0.15, -0.1) is 0 Å². The van der Waals surface area contributed by atoms with E-state index in [0.717, 1.165) is 11.3 Å². The molecule has 160 valence electrons. The summed E-state index contributed by atoms with van der Waals surface area (Å²) in [5.74, 6) is -3.10. The molecule has 0 saturated carbocycles. The molecule has 0 bridgehead atoms. The zero-order chi connectivity index (χ0) is 22.0. The van der Waals surface area contributed by atoms with Gasteiger partial charge in [0.15, 0.2) is 5.78 Å². The average molecular weight is 432 g/mol. The number of hydrogen-bond donors (Lipinski definition) is 1. The maximum absolute atomic E-state index is 13.6. The van der Waals surface area contributed by atoms with Gasteiger partial charge >= 0.3 is 11.9 Å². The van der Waals surface area contributed by atoms with Crippen LogP contribution in [0.4, 0.5) is 0 Å². The molecule has 0 aromatic heterocycles. The van der Waals surface area contributed by atoms with Gasteiger partial charge in [-0.25, -0.2) is 4.79 Å². The fourth-order valence-corrected chi connectivity index (χ4v) is 4.38. The lowest BCUT2D eigenvalue weighted by atomic mass is 9.69. The lowest BCUT2D eigenvalue weighted by Crippen LogP contribution is -2.43. The first kappa shape index (κ1) is 22.1. The Morgan fingerprint density at radius 1 is 1.13 bits per heavy atom. The third kappa shape index (κ3) is 4.01. The van der Waals surface area contributed by atoms with Crippen LogP contribution in [0, 0.1) is 11.8 Å². The quantitative estimate of drug-likeness (QED) is 0.562. The van der Waals surface area contributed by atoms with Crippen LogP contribution in [0.3, 0.4) is 0 Å². The second kappa shape index (κ2) is 9.04. The van der Waals surface area contributed by atoms with Crippen LogP contribution < -0.4 is 5.32 Å². The molecule has 1 aliphatic carbocycles. The van der Waals surface area contributed by atoms with Gasteiger partial charge in [0.2, 0.25) is 0 Å². The molecule has 1 N–H and O–H groups in total. The number of halogens is 1. The minimum atomic E-state index is -0.901. The summed E-state index contributed by atoms with van der Waals surface area (Å²) >= 11 is 6.06. The number of dihydropyridines is 1. The van der Waals surface area contributed by atoms with E-state index in [-0.39, 0.29) is 24.9 Å². The number of ether oxygens (including phenoxy) is 2. The Hall–Kier alpha value is -2.60. The summed E-state index contributed by atoms with van der Waals surface area (Å²) in [7, 11) is 0. The summed E-state index contributed by atoms with van der Waals surface area (Å²) in [6, 6.07) is 7.02. The standard InChI is InChI=1S/C23H26ClNO5/c1-5-29-22(27)17-12(3)11-16-20(21(17)26)19(14-7-9-15(24)10-8-14)18(13(4)25-16)23(28)30-6-2/h7-10,12,17,19,25H,5-6,11H2,1-4H3. The smallest absolute Gasteiger partial charge is 0.336 e. The van der Waals surface area contributed by atoms with Gasteiger partial charge in [0.1, 0.15) is 5.92 Å². The Morgan fingerprint density at radius 3 is 2.37 bits per heavy atom. The van der Waals surface area contributed by atoms with E-state index in [1.807, 2.05) is 6.92 Å². The van der Waals surface area contributed by atoms with Crippen molar-refractivity contribution in [3.63, 3.8) is 0 Å². The fraction of sp³-hybridized carbons (Fsp3) is 0.435. The van der Waals surface area contributed by atoms with E-state index >= 15 is 0 Å². The molecule has 0 radical (unpaired) electrons. The van der Waals surface area contributed by atoms with E-state index in [1.54, 1.807) is 45.0 Å². The molecular formula is C23H26ClNO5. The molecular weight excluding hydrogens is 406 g/mol. The van der Waals surface area contributed by atoms with Crippen molar-refractivity contribution in [3.8, 4) is 0 Å². The van der Waals surface area contributed by atoms with Crippen molar-refractivity contribution in [3.05, 3.63) is 57.4 Å². The molecule has 3 unspecified atom stereocenters. The third-order valence-electron chi connectivity index (χ3n) is 5.53. The predicted molar refractivity (Wildman–Crippen MR) is 113 cm³/mol. The van der Waals surface area contributed by atoms with Gasteiger partial charge in [-0.1, -0.05) is 30.7 Å². The largest absolute Gasteiger partial charge is 0.465 e. The second-order valence-corrected chi connectivity index (χ2v) is 7.97. The van der Waals surface area contributed by atoms with Crippen molar-refractivity contribution < 1.29 is 23.9 Å². The van der Waals surface area contributed by atoms with Crippen LogP contribution in [0.15, 0.2) is 46.8 Å². The molecule has 3 rings (SSSR count). The fourth-order valence-electron chi connectivity index (χ4n) is 4.25. The lowest BCUT2D eigenvalue weighted by Gasteiger charge is -2.38. The summed E-state index contributed by atoms with van der Waals surface area (Å²) in [6.07, 6.45) is 0.502. The van der Waals surface area contributed by atoms with Gasteiger partial charge in [-0.3, -0.25) is 9.59 Å². The van der Waals surface area contributed by atoms with Crippen LogP contribution in [-0.4, -0.2) is 30.9 Å². The summed E-state index contributed by atoms with van der Waals surface area (Å²) < 4.78 is 10.5. The number of carbonyl (C=O) groups excluding carboxylic acids is 3. The molecule has 7 heteroatoms. The monoisotopic (exact) mass is 431 g/mol. The molecule has 1 aromatic carbocycles. The Morgan fingerprint density at radius 2 is 1.77 bits per heavy atom. The van der Waals surface area contributed by atoms with Crippen molar-refractivity contribution in [2.75, 3.05) is 13.2 Å². The molecule has 1 aliphatic heterocycles. The summed E-state index contributed by atoms with van der Waals surface area (Å²) in [5.41, 5.74) is 2.90. The van der Waals surface area contributed by atoms with E-state index in [1.165, 1.54) is 0 Å². The van der Waals surface area contributed by atoms with Crippen LogP contribution >= 0.6 is 11.6 Å². The van der Waals surface area contributed by atoms with Gasteiger partial charge < -0.3 is 14.8 Å². The Bertz CT molecular complexity index is 931. The van der Waals surface area contributed by atoms with E-state index in [4.69, 9.17) is 21.1 Å². The van der Waals surface area contributed by atoms with Gasteiger partial charge in [0.05, 0.1) is 18.8 Å². The second-order valence-electron chi connectivity index (χ2n) is 7.54. The minimum Gasteiger partial charge on any atom is -0.465 e. The highest BCUT2D eigenvalue weighted by Crippen LogP contribution is 2.45. The molecule has 0 spiro atoms. The minimum absolute atomic E-state index is 0.202. The van der Waals surface area contributed by atoms with E-state index < -0.39 is 23.8 Å². The average Bonchev–Trinajstić information content (AvgIpc) is 2.68. The Balaban J connectivity index is 2.15. The summed E-state index contributed by atoms with van der Waals surface area (Å²) in [4.78, 5) is 39.0. The van der Waals surface area contributed by atoms with Crippen molar-refractivity contribution >= 4 is 29.3 Å². The van der Waals surface area contributed by atoms with E-state index in [9.17, 15) is 14.4 Å². The van der Waals surface area contributed by atoms with Crippen molar-refractivity contribution in [1.29, 1.82) is 0 Å². The lowest BCUT2D eigenvalue weighted by molar-refractivity contribution is -0.153. The molecule has 0 saturated heterocycles. The predicted octanol–water partition coefficient (Wildman–Crippen LogP) is 3.91. The van der Waals surface area contributed by atoms with Gasteiger partial charge in [-0.2, -0.15) is 0 Å². The van der Waals surface area contributed by atoms with E-state index in [0.29, 0.717) is 28.3 Å². The molecule has 3 atom stereocenters. The highest BCUT2D eigenvalue weighted by molar-refractivity contribution is 6.30. The maximum Gasteiger partial charge on any atom is 0.336 e. The highest BCUT2D eigenvalue weighted by atomic mass is 35.5. The Kier molecular flexibility index (Phi) is 6.66. The zero-order valence-corrected chi connectivity index (χ0v) is 18.3. The van der Waals surface area contributed by atoms with Crippen LogP contribution in [-0.2, 0) is 23.9 Å². The highest BCUT2D eigenvalue weighted by Gasteiger charge is 2.47. The normalized spacial score (nSPS) is 23.6.